The van der Waals surface area contributed by atoms with Gasteiger partial charge in [-0.15, -0.1) is 0 Å². The minimum atomic E-state index is -0.535. The lowest BCUT2D eigenvalue weighted by Gasteiger charge is -2.48. The van der Waals surface area contributed by atoms with Crippen LogP contribution in [0.25, 0.3) is 0 Å². The molecule has 1 aromatic carbocycles. The van der Waals surface area contributed by atoms with Gasteiger partial charge in [-0.3, -0.25) is 9.69 Å². The summed E-state index contributed by atoms with van der Waals surface area (Å²) in [5.74, 6) is 1.24. The van der Waals surface area contributed by atoms with E-state index < -0.39 is 5.91 Å². The second-order valence-electron chi connectivity index (χ2n) is 10.2. The summed E-state index contributed by atoms with van der Waals surface area (Å²) in [4.78, 5) is 28.2. The van der Waals surface area contributed by atoms with Gasteiger partial charge in [0.25, 0.3) is 5.91 Å². The summed E-state index contributed by atoms with van der Waals surface area (Å²) in [7, 11) is 2.22. The van der Waals surface area contributed by atoms with Crippen LogP contribution >= 0.6 is 0 Å². The zero-order valence-electron chi connectivity index (χ0n) is 20.2. The average molecular weight is 479 g/mol. The first kappa shape index (κ1) is 22.4. The van der Waals surface area contributed by atoms with Crippen molar-refractivity contribution in [3.05, 3.63) is 30.0 Å². The third-order valence-electron chi connectivity index (χ3n) is 7.65. The SMILES string of the molecule is CN1CCC(N2CCN3c4ccc(Nc5ncc(C(N)=O)c(NC6CC6)n5)cc4OC[C@H]3C2)CC1. The van der Waals surface area contributed by atoms with Gasteiger partial charge in [0.1, 0.15) is 18.2 Å². The minimum Gasteiger partial charge on any atom is -0.489 e. The number of piperazine rings is 1. The van der Waals surface area contributed by atoms with Gasteiger partial charge in [-0.2, -0.15) is 4.98 Å². The molecule has 35 heavy (non-hydrogen) atoms. The number of fused-ring (bicyclic) bond motifs is 3. The molecule has 1 aliphatic carbocycles. The van der Waals surface area contributed by atoms with E-state index in [-0.39, 0.29) is 0 Å². The zero-order valence-corrected chi connectivity index (χ0v) is 20.2. The van der Waals surface area contributed by atoms with Gasteiger partial charge >= 0.3 is 0 Å². The summed E-state index contributed by atoms with van der Waals surface area (Å²) >= 11 is 0. The number of benzene rings is 1. The Kier molecular flexibility index (Phi) is 5.85. The molecule has 0 radical (unpaired) electrons. The summed E-state index contributed by atoms with van der Waals surface area (Å²) in [5, 5.41) is 6.53. The highest BCUT2D eigenvalue weighted by molar-refractivity contribution is 5.97. The maximum Gasteiger partial charge on any atom is 0.254 e. The molecule has 6 rings (SSSR count). The van der Waals surface area contributed by atoms with Crippen LogP contribution in [0.3, 0.4) is 0 Å². The van der Waals surface area contributed by atoms with Gasteiger partial charge in [-0.25, -0.2) is 4.98 Å². The molecule has 0 bridgehead atoms. The lowest BCUT2D eigenvalue weighted by Crippen LogP contribution is -2.60. The van der Waals surface area contributed by atoms with Crippen LogP contribution in [0.15, 0.2) is 24.4 Å². The van der Waals surface area contributed by atoms with Gasteiger partial charge < -0.3 is 30.9 Å². The maximum absolute atomic E-state index is 11.7. The van der Waals surface area contributed by atoms with E-state index in [0.717, 1.165) is 49.6 Å². The van der Waals surface area contributed by atoms with Crippen molar-refractivity contribution >= 4 is 29.0 Å². The molecule has 3 fully saturated rings. The van der Waals surface area contributed by atoms with Gasteiger partial charge in [-0.05, 0) is 58.0 Å². The standard InChI is InChI=1S/C25H34N8O2/c1-31-8-6-18(7-9-31)32-10-11-33-19(14-32)15-35-22-12-17(4-5-21(22)33)29-25-27-13-20(23(26)34)24(30-25)28-16-2-3-16/h4-5,12-13,16,18-19H,2-3,6-11,14-15H2,1H3,(H2,26,34)(H2,27,28,29,30)/t19-/m1/s1. The lowest BCUT2D eigenvalue weighted by atomic mass is 10.00. The number of hydrogen-bond acceptors (Lipinski definition) is 9. The van der Waals surface area contributed by atoms with E-state index in [9.17, 15) is 4.79 Å². The molecule has 1 amide bonds. The summed E-state index contributed by atoms with van der Waals surface area (Å²) in [6.45, 7) is 6.26. The Morgan fingerprint density at radius 3 is 2.71 bits per heavy atom. The monoisotopic (exact) mass is 478 g/mol. The number of rotatable bonds is 6. The number of amides is 1. The predicted octanol–water partition coefficient (Wildman–Crippen LogP) is 1.87. The molecule has 3 aliphatic heterocycles. The van der Waals surface area contributed by atoms with Gasteiger partial charge in [0.05, 0.1) is 17.3 Å². The number of piperidine rings is 1. The van der Waals surface area contributed by atoms with Crippen LogP contribution in [0.1, 0.15) is 36.0 Å². The normalized spacial score (nSPS) is 23.2. The van der Waals surface area contributed by atoms with E-state index in [1.807, 2.05) is 12.1 Å². The van der Waals surface area contributed by atoms with Crippen LogP contribution in [0.4, 0.5) is 23.1 Å². The fourth-order valence-electron chi connectivity index (χ4n) is 5.44. The number of nitrogens with one attached hydrogen (secondary N) is 2. The first-order chi connectivity index (χ1) is 17.0. The van der Waals surface area contributed by atoms with Crippen molar-refractivity contribution in [2.24, 2.45) is 5.73 Å². The Hall–Kier alpha value is -3.11. The second-order valence-corrected chi connectivity index (χ2v) is 10.2. The molecular formula is C25H34N8O2. The number of ether oxygens (including phenoxy) is 1. The number of carbonyl (C=O) groups is 1. The number of nitrogens with two attached hydrogens (primary N) is 1. The summed E-state index contributed by atoms with van der Waals surface area (Å²) in [5.41, 5.74) is 7.79. The summed E-state index contributed by atoms with van der Waals surface area (Å²) in [6.07, 6.45) is 6.14. The third kappa shape index (κ3) is 4.72. The molecule has 10 nitrogen and oxygen atoms in total. The highest BCUT2D eigenvalue weighted by Crippen LogP contribution is 2.38. The maximum atomic E-state index is 11.7. The number of anilines is 4. The van der Waals surface area contributed by atoms with E-state index in [1.54, 1.807) is 0 Å². The van der Waals surface area contributed by atoms with Crippen LogP contribution in [0.2, 0.25) is 0 Å². The molecule has 0 spiro atoms. The van der Waals surface area contributed by atoms with Crippen molar-refractivity contribution in [1.82, 2.24) is 19.8 Å². The van der Waals surface area contributed by atoms with E-state index in [0.29, 0.717) is 42.1 Å². The zero-order chi connectivity index (χ0) is 23.9. The number of nitrogens with zero attached hydrogens (tertiary/aromatic N) is 5. The fraction of sp³-hybridized carbons (Fsp3) is 0.560. The number of primary amides is 1. The van der Waals surface area contributed by atoms with Crippen LogP contribution < -0.4 is 26.0 Å². The number of aromatic nitrogens is 2. The smallest absolute Gasteiger partial charge is 0.254 e. The predicted molar refractivity (Wildman–Crippen MR) is 136 cm³/mol. The molecule has 4 heterocycles. The Balaban J connectivity index is 1.14. The highest BCUT2D eigenvalue weighted by Gasteiger charge is 2.36. The van der Waals surface area contributed by atoms with Crippen molar-refractivity contribution in [3.8, 4) is 5.75 Å². The molecule has 4 N–H and O–H groups in total. The first-order valence-electron chi connectivity index (χ1n) is 12.7. The molecule has 1 saturated carbocycles. The van der Waals surface area contributed by atoms with Crippen LogP contribution in [0.5, 0.6) is 5.75 Å². The highest BCUT2D eigenvalue weighted by atomic mass is 16.5. The summed E-state index contributed by atoms with van der Waals surface area (Å²) < 4.78 is 6.23. The van der Waals surface area contributed by atoms with Crippen LogP contribution in [0, 0.1) is 0 Å². The minimum absolute atomic E-state index is 0.307. The van der Waals surface area contributed by atoms with Crippen molar-refractivity contribution in [1.29, 1.82) is 0 Å². The lowest BCUT2D eigenvalue weighted by molar-refractivity contribution is 0.0868. The van der Waals surface area contributed by atoms with Crippen molar-refractivity contribution in [3.63, 3.8) is 0 Å². The molecule has 10 heteroatoms. The third-order valence-corrected chi connectivity index (χ3v) is 7.65. The number of hydrogen-bond donors (Lipinski definition) is 3. The first-order valence-corrected chi connectivity index (χ1v) is 12.7. The fourth-order valence-corrected chi connectivity index (χ4v) is 5.44. The quantitative estimate of drug-likeness (QED) is 0.573. The Morgan fingerprint density at radius 1 is 1.11 bits per heavy atom. The van der Waals surface area contributed by atoms with Crippen LogP contribution in [-0.4, -0.2) is 90.2 Å². The van der Waals surface area contributed by atoms with Crippen LogP contribution in [-0.2, 0) is 0 Å². The van der Waals surface area contributed by atoms with Crippen molar-refractivity contribution in [2.45, 2.75) is 43.8 Å². The van der Waals surface area contributed by atoms with Gasteiger partial charge in [-0.1, -0.05) is 0 Å². The molecule has 0 unspecified atom stereocenters. The van der Waals surface area contributed by atoms with Gasteiger partial charge in [0.2, 0.25) is 5.95 Å². The summed E-state index contributed by atoms with van der Waals surface area (Å²) in [6, 6.07) is 7.59. The van der Waals surface area contributed by atoms with Crippen molar-refractivity contribution in [2.75, 3.05) is 61.9 Å². The van der Waals surface area contributed by atoms with E-state index in [2.05, 4.69) is 48.4 Å². The number of likely N-dealkylation sites (tertiary alicyclic amines) is 1. The Bertz CT molecular complexity index is 1100. The van der Waals surface area contributed by atoms with E-state index >= 15 is 0 Å². The average Bonchev–Trinajstić information content (AvgIpc) is 3.68. The molecular weight excluding hydrogens is 444 g/mol. The van der Waals surface area contributed by atoms with E-state index in [4.69, 9.17) is 10.5 Å². The topological polar surface area (TPSA) is 112 Å². The molecule has 1 aromatic heterocycles. The second kappa shape index (κ2) is 9.16. The van der Waals surface area contributed by atoms with Gasteiger partial charge in [0, 0.05) is 49.7 Å². The molecule has 4 aliphatic rings. The van der Waals surface area contributed by atoms with Crippen molar-refractivity contribution < 1.29 is 9.53 Å². The molecule has 2 aromatic rings. The molecule has 186 valence electrons. The van der Waals surface area contributed by atoms with E-state index in [1.165, 1.54) is 32.1 Å². The Labute approximate surface area is 205 Å². The molecule has 1 atom stereocenters. The number of carbonyl (C=O) groups excluding carboxylic acids is 1. The Morgan fingerprint density at radius 2 is 1.94 bits per heavy atom. The van der Waals surface area contributed by atoms with Gasteiger partial charge in [0.15, 0.2) is 0 Å². The largest absolute Gasteiger partial charge is 0.489 e. The molecule has 2 saturated heterocycles.